The van der Waals surface area contributed by atoms with E-state index in [-0.39, 0.29) is 24.1 Å². The maximum atomic E-state index is 13.2. The molecule has 1 aliphatic heterocycles. The van der Waals surface area contributed by atoms with E-state index in [4.69, 9.17) is 15.2 Å². The van der Waals surface area contributed by atoms with Gasteiger partial charge in [-0.15, -0.1) is 12.4 Å². The summed E-state index contributed by atoms with van der Waals surface area (Å²) < 4.78 is 24.1. The lowest BCUT2D eigenvalue weighted by molar-refractivity contribution is -0.130. The number of hydrogen-bond acceptors (Lipinski definition) is 4. The molecule has 1 heterocycles. The Balaban J connectivity index is 0.00000243. The minimum Gasteiger partial charge on any atom is -0.457 e. The summed E-state index contributed by atoms with van der Waals surface area (Å²) in [6.45, 7) is 1.39. The fourth-order valence-electron chi connectivity index (χ4n) is 2.82. The minimum absolute atomic E-state index is 0. The van der Waals surface area contributed by atoms with E-state index in [1.807, 2.05) is 0 Å². The van der Waals surface area contributed by atoms with Crippen LogP contribution in [0.2, 0.25) is 0 Å². The van der Waals surface area contributed by atoms with Crippen LogP contribution in [0, 0.1) is 11.2 Å². The molecule has 2 aromatic carbocycles. The molecule has 1 fully saturated rings. The second-order valence-electron chi connectivity index (χ2n) is 6.13. The van der Waals surface area contributed by atoms with Crippen LogP contribution >= 0.6 is 12.4 Å². The number of amides is 1. The van der Waals surface area contributed by atoms with Crippen molar-refractivity contribution in [2.24, 2.45) is 11.1 Å². The van der Waals surface area contributed by atoms with E-state index >= 15 is 0 Å². The van der Waals surface area contributed by atoms with Gasteiger partial charge in [-0.1, -0.05) is 6.07 Å². The number of ether oxygens (including phenoxy) is 2. The van der Waals surface area contributed by atoms with Gasteiger partial charge in [0.05, 0.1) is 5.41 Å². The quantitative estimate of drug-likeness (QED) is 0.828. The molecule has 1 saturated heterocycles. The van der Waals surface area contributed by atoms with Gasteiger partial charge < -0.3 is 20.5 Å². The summed E-state index contributed by atoms with van der Waals surface area (Å²) in [5.41, 5.74) is 5.94. The normalized spacial score (nSPS) is 15.6. The maximum absolute atomic E-state index is 13.2. The van der Waals surface area contributed by atoms with E-state index < -0.39 is 5.41 Å². The van der Waals surface area contributed by atoms with E-state index in [1.165, 1.54) is 12.1 Å². The first-order valence-electron chi connectivity index (χ1n) is 8.24. The number of anilines is 1. The zero-order valence-electron chi connectivity index (χ0n) is 14.2. The fourth-order valence-corrected chi connectivity index (χ4v) is 2.82. The van der Waals surface area contributed by atoms with Crippen molar-refractivity contribution < 1.29 is 18.7 Å². The lowest BCUT2D eigenvalue weighted by atomic mass is 9.79. The fraction of sp³-hybridized carbons (Fsp3) is 0.316. The number of carbonyl (C=O) groups is 1. The molecule has 26 heavy (non-hydrogen) atoms. The third kappa shape index (κ3) is 4.72. The highest BCUT2D eigenvalue weighted by Crippen LogP contribution is 2.31. The van der Waals surface area contributed by atoms with Crippen molar-refractivity contribution in [3.8, 4) is 11.5 Å². The molecule has 0 unspecified atom stereocenters. The smallest absolute Gasteiger partial charge is 0.232 e. The van der Waals surface area contributed by atoms with Crippen LogP contribution in [0.3, 0.4) is 0 Å². The molecule has 5 nitrogen and oxygen atoms in total. The molecule has 3 N–H and O–H groups in total. The Morgan fingerprint density at radius 3 is 2.46 bits per heavy atom. The van der Waals surface area contributed by atoms with Crippen LogP contribution in [0.4, 0.5) is 10.1 Å². The molecule has 0 radical (unpaired) electrons. The zero-order valence-corrected chi connectivity index (χ0v) is 15.1. The summed E-state index contributed by atoms with van der Waals surface area (Å²) in [6.07, 6.45) is 1.24. The minimum atomic E-state index is -0.574. The van der Waals surface area contributed by atoms with Crippen molar-refractivity contribution in [1.82, 2.24) is 0 Å². The van der Waals surface area contributed by atoms with E-state index in [0.29, 0.717) is 49.8 Å². The van der Waals surface area contributed by atoms with Crippen LogP contribution in [0.5, 0.6) is 11.5 Å². The summed E-state index contributed by atoms with van der Waals surface area (Å²) in [5.74, 6) is 0.534. The van der Waals surface area contributed by atoms with Crippen LogP contribution in [0.15, 0.2) is 48.5 Å². The van der Waals surface area contributed by atoms with Crippen LogP contribution in [-0.2, 0) is 9.53 Å². The van der Waals surface area contributed by atoms with Gasteiger partial charge in [0.2, 0.25) is 5.91 Å². The molecule has 0 aromatic heterocycles. The molecular weight excluding hydrogens is 359 g/mol. The third-order valence-corrected chi connectivity index (χ3v) is 4.47. The molecule has 2 aromatic rings. The largest absolute Gasteiger partial charge is 0.457 e. The van der Waals surface area contributed by atoms with E-state index in [0.717, 1.165) is 0 Å². The number of nitrogens with two attached hydrogens (primary N) is 1. The van der Waals surface area contributed by atoms with Crippen molar-refractivity contribution in [1.29, 1.82) is 0 Å². The number of halogens is 2. The maximum Gasteiger partial charge on any atom is 0.232 e. The van der Waals surface area contributed by atoms with Crippen molar-refractivity contribution in [2.45, 2.75) is 12.8 Å². The first kappa shape index (κ1) is 20.2. The SMILES string of the molecule is Cl.NCC1(C(=O)Nc2ccc(Oc3cccc(F)c3)cc2)CCOCC1. The summed E-state index contributed by atoms with van der Waals surface area (Å²) >= 11 is 0. The van der Waals surface area contributed by atoms with E-state index in [1.54, 1.807) is 36.4 Å². The standard InChI is InChI=1S/C19H21FN2O3.ClH/c20-14-2-1-3-17(12-14)25-16-6-4-15(5-7-16)22-18(23)19(13-21)8-10-24-11-9-19;/h1-7,12H,8-11,13,21H2,(H,22,23);1H. The molecule has 3 rings (SSSR count). The summed E-state index contributed by atoms with van der Waals surface area (Å²) in [5, 5.41) is 2.91. The van der Waals surface area contributed by atoms with Crippen molar-refractivity contribution in [3.05, 3.63) is 54.3 Å². The highest BCUT2D eigenvalue weighted by atomic mass is 35.5. The highest BCUT2D eigenvalue weighted by Gasteiger charge is 2.38. The topological polar surface area (TPSA) is 73.6 Å². The van der Waals surface area contributed by atoms with Gasteiger partial charge in [-0.25, -0.2) is 4.39 Å². The van der Waals surface area contributed by atoms with Crippen LogP contribution in [0.1, 0.15) is 12.8 Å². The van der Waals surface area contributed by atoms with Crippen LogP contribution in [-0.4, -0.2) is 25.7 Å². The monoisotopic (exact) mass is 380 g/mol. The Kier molecular flexibility index (Phi) is 6.97. The van der Waals surface area contributed by atoms with Gasteiger partial charge in [0.1, 0.15) is 17.3 Å². The van der Waals surface area contributed by atoms with Crippen LogP contribution < -0.4 is 15.8 Å². The zero-order chi connectivity index (χ0) is 17.7. The van der Waals surface area contributed by atoms with Gasteiger partial charge in [0.15, 0.2) is 0 Å². The van der Waals surface area contributed by atoms with Gasteiger partial charge in [-0.2, -0.15) is 0 Å². The van der Waals surface area contributed by atoms with Gasteiger partial charge in [0.25, 0.3) is 0 Å². The molecule has 1 amide bonds. The summed E-state index contributed by atoms with van der Waals surface area (Å²) in [6, 6.07) is 12.9. The van der Waals surface area contributed by atoms with Gasteiger partial charge in [-0.05, 0) is 49.2 Å². The summed E-state index contributed by atoms with van der Waals surface area (Å²) in [4.78, 5) is 12.6. The number of carbonyl (C=O) groups excluding carboxylic acids is 1. The van der Waals surface area contributed by atoms with Crippen molar-refractivity contribution in [2.75, 3.05) is 25.1 Å². The van der Waals surface area contributed by atoms with Crippen LogP contribution in [0.25, 0.3) is 0 Å². The molecule has 0 saturated carbocycles. The number of nitrogens with one attached hydrogen (secondary N) is 1. The Hall–Kier alpha value is -2.15. The second kappa shape index (κ2) is 8.98. The van der Waals surface area contributed by atoms with E-state index in [2.05, 4.69) is 5.32 Å². The number of benzene rings is 2. The van der Waals surface area contributed by atoms with Gasteiger partial charge in [-0.3, -0.25) is 4.79 Å². The Bertz CT molecular complexity index is 734. The summed E-state index contributed by atoms with van der Waals surface area (Å²) in [7, 11) is 0. The van der Waals surface area contributed by atoms with E-state index in [9.17, 15) is 9.18 Å². The molecule has 0 atom stereocenters. The average Bonchev–Trinajstić information content (AvgIpc) is 2.64. The molecule has 140 valence electrons. The molecule has 1 aliphatic rings. The van der Waals surface area contributed by atoms with Gasteiger partial charge >= 0.3 is 0 Å². The molecule has 0 spiro atoms. The molecule has 0 aliphatic carbocycles. The molecule has 0 bridgehead atoms. The predicted molar refractivity (Wildman–Crippen MR) is 100 cm³/mol. The molecular formula is C19H22ClFN2O3. The number of rotatable bonds is 5. The highest BCUT2D eigenvalue weighted by molar-refractivity contribution is 5.95. The van der Waals surface area contributed by atoms with Crippen molar-refractivity contribution >= 4 is 24.0 Å². The lowest BCUT2D eigenvalue weighted by Gasteiger charge is -2.34. The number of hydrogen-bond donors (Lipinski definition) is 2. The first-order chi connectivity index (χ1) is 12.1. The first-order valence-corrected chi connectivity index (χ1v) is 8.24. The Labute approximate surface area is 158 Å². The lowest BCUT2D eigenvalue weighted by Crippen LogP contribution is -2.46. The average molecular weight is 381 g/mol. The van der Waals surface area contributed by atoms with Crippen molar-refractivity contribution in [3.63, 3.8) is 0 Å². The second-order valence-corrected chi connectivity index (χ2v) is 6.13. The van der Waals surface area contributed by atoms with Gasteiger partial charge in [0, 0.05) is 31.5 Å². The molecule has 7 heteroatoms. The third-order valence-electron chi connectivity index (χ3n) is 4.47. The Morgan fingerprint density at radius 2 is 1.85 bits per heavy atom. The predicted octanol–water partition coefficient (Wildman–Crippen LogP) is 3.73. The Morgan fingerprint density at radius 1 is 1.15 bits per heavy atom.